The number of hydrogen-bond donors (Lipinski definition) is 3. The van der Waals surface area contributed by atoms with Crippen LogP contribution in [0, 0.1) is 18.8 Å². The van der Waals surface area contributed by atoms with E-state index in [9.17, 15) is 19.2 Å². The highest BCUT2D eigenvalue weighted by atomic mass is 35.5. The summed E-state index contributed by atoms with van der Waals surface area (Å²) in [6.45, 7) is 3.81. The van der Waals surface area contributed by atoms with E-state index in [-0.39, 0.29) is 18.7 Å². The van der Waals surface area contributed by atoms with Crippen molar-refractivity contribution in [1.82, 2.24) is 5.32 Å². The van der Waals surface area contributed by atoms with Crippen LogP contribution in [0.5, 0.6) is 0 Å². The molecule has 1 spiro atoms. The van der Waals surface area contributed by atoms with E-state index in [4.69, 9.17) is 17.3 Å². The number of primary amides is 1. The molecule has 3 aliphatic rings. The Morgan fingerprint density at radius 2 is 1.82 bits per heavy atom. The number of anilines is 2. The van der Waals surface area contributed by atoms with Gasteiger partial charge < -0.3 is 11.1 Å². The Morgan fingerprint density at radius 1 is 1.12 bits per heavy atom. The fourth-order valence-corrected chi connectivity index (χ4v) is 5.83. The van der Waals surface area contributed by atoms with Gasteiger partial charge in [0.25, 0.3) is 0 Å². The number of amides is 4. The zero-order valence-electron chi connectivity index (χ0n) is 18.9. The van der Waals surface area contributed by atoms with E-state index >= 15 is 0 Å². The molecule has 34 heavy (non-hydrogen) atoms. The van der Waals surface area contributed by atoms with E-state index < -0.39 is 41.1 Å². The second-order valence-corrected chi connectivity index (χ2v) is 9.56. The maximum atomic E-state index is 13.9. The molecule has 2 aromatic rings. The number of carbonyl (C=O) groups is 4. The van der Waals surface area contributed by atoms with E-state index in [0.29, 0.717) is 27.5 Å². The Morgan fingerprint density at radius 3 is 2.47 bits per heavy atom. The van der Waals surface area contributed by atoms with Crippen LogP contribution in [0.1, 0.15) is 36.5 Å². The van der Waals surface area contributed by atoms with Crippen molar-refractivity contribution in [2.24, 2.45) is 17.6 Å². The highest BCUT2D eigenvalue weighted by Crippen LogP contribution is 2.55. The average Bonchev–Trinajstić information content (AvgIpc) is 3.40. The van der Waals surface area contributed by atoms with Gasteiger partial charge in [-0.2, -0.15) is 0 Å². The van der Waals surface area contributed by atoms with Crippen LogP contribution in [-0.4, -0.2) is 29.7 Å². The van der Waals surface area contributed by atoms with Crippen LogP contribution in [0.3, 0.4) is 0 Å². The minimum atomic E-state index is -1.44. The maximum Gasteiger partial charge on any atom is 0.250 e. The number of rotatable bonds is 5. The van der Waals surface area contributed by atoms with Crippen molar-refractivity contribution in [3.8, 4) is 0 Å². The van der Waals surface area contributed by atoms with Gasteiger partial charge in [-0.15, -0.1) is 0 Å². The van der Waals surface area contributed by atoms with Crippen LogP contribution < -0.4 is 21.3 Å². The van der Waals surface area contributed by atoms with Crippen LogP contribution in [0.2, 0.25) is 5.02 Å². The third-order valence-corrected chi connectivity index (χ3v) is 7.80. The number of nitrogens with one attached hydrogen (secondary N) is 2. The molecule has 0 radical (unpaired) electrons. The molecular weight excluding hydrogens is 456 g/mol. The average molecular weight is 481 g/mol. The first-order valence-corrected chi connectivity index (χ1v) is 11.7. The molecule has 0 aromatic heterocycles. The molecule has 4 atom stereocenters. The fraction of sp³-hybridized carbons (Fsp3) is 0.360. The SMILES string of the molecule is CCc1ccc(N2C(=O)[C@@H]3[C@H](CCC(N)=O)N[C@]4(C(=O)Nc5c4ccc(Cl)c5C)[C@@H]3C2=O)cc1. The minimum Gasteiger partial charge on any atom is -0.370 e. The zero-order chi connectivity index (χ0) is 24.4. The van der Waals surface area contributed by atoms with E-state index in [2.05, 4.69) is 10.6 Å². The predicted molar refractivity (Wildman–Crippen MR) is 127 cm³/mol. The molecular formula is C25H25ClN4O4. The quantitative estimate of drug-likeness (QED) is 0.567. The van der Waals surface area contributed by atoms with Gasteiger partial charge in [0.2, 0.25) is 23.6 Å². The lowest BCUT2D eigenvalue weighted by atomic mass is 9.76. The van der Waals surface area contributed by atoms with E-state index in [0.717, 1.165) is 12.0 Å². The van der Waals surface area contributed by atoms with E-state index in [1.807, 2.05) is 19.1 Å². The van der Waals surface area contributed by atoms with Crippen molar-refractivity contribution in [2.45, 2.75) is 44.7 Å². The Balaban J connectivity index is 1.64. The molecule has 176 valence electrons. The number of imide groups is 1. The summed E-state index contributed by atoms with van der Waals surface area (Å²) < 4.78 is 0. The first kappa shape index (κ1) is 22.6. The number of nitrogens with two attached hydrogens (primary N) is 1. The molecule has 2 saturated heterocycles. The number of carbonyl (C=O) groups excluding carboxylic acids is 4. The maximum absolute atomic E-state index is 13.9. The molecule has 4 amide bonds. The molecule has 3 heterocycles. The minimum absolute atomic E-state index is 0.0256. The highest BCUT2D eigenvalue weighted by molar-refractivity contribution is 6.32. The molecule has 2 aromatic carbocycles. The number of benzene rings is 2. The van der Waals surface area contributed by atoms with Crippen LogP contribution in [-0.2, 0) is 31.1 Å². The Kier molecular flexibility index (Phi) is 5.26. The first-order valence-electron chi connectivity index (χ1n) is 11.3. The molecule has 2 fully saturated rings. The normalized spacial score (nSPS) is 27.3. The third kappa shape index (κ3) is 3.02. The lowest BCUT2D eigenvalue weighted by Crippen LogP contribution is -2.53. The summed E-state index contributed by atoms with van der Waals surface area (Å²) in [6, 6.07) is 10.1. The monoisotopic (exact) mass is 480 g/mol. The third-order valence-electron chi connectivity index (χ3n) is 7.39. The molecule has 0 saturated carbocycles. The molecule has 3 aliphatic heterocycles. The summed E-state index contributed by atoms with van der Waals surface area (Å²) in [5.41, 5.74) is 7.30. The van der Waals surface area contributed by atoms with Gasteiger partial charge in [-0.3, -0.25) is 24.5 Å². The fourth-order valence-electron chi connectivity index (χ4n) is 5.67. The lowest BCUT2D eigenvalue weighted by Gasteiger charge is -2.29. The molecule has 4 N–H and O–H groups in total. The van der Waals surface area contributed by atoms with Gasteiger partial charge >= 0.3 is 0 Å². The predicted octanol–water partition coefficient (Wildman–Crippen LogP) is 2.40. The second kappa shape index (κ2) is 7.92. The molecule has 8 nitrogen and oxygen atoms in total. The summed E-state index contributed by atoms with van der Waals surface area (Å²) in [5, 5.41) is 6.67. The van der Waals surface area contributed by atoms with Gasteiger partial charge in [0.05, 0.1) is 23.2 Å². The van der Waals surface area contributed by atoms with Gasteiger partial charge in [-0.25, -0.2) is 4.90 Å². The van der Waals surface area contributed by atoms with Crippen LogP contribution in [0.15, 0.2) is 36.4 Å². The topological polar surface area (TPSA) is 122 Å². The van der Waals surface area contributed by atoms with Crippen molar-refractivity contribution < 1.29 is 19.2 Å². The number of halogens is 1. The number of fused-ring (bicyclic) bond motifs is 4. The van der Waals surface area contributed by atoms with Crippen molar-refractivity contribution in [1.29, 1.82) is 0 Å². The number of nitrogens with zero attached hydrogens (tertiary/aromatic N) is 1. The van der Waals surface area contributed by atoms with Crippen molar-refractivity contribution in [3.05, 3.63) is 58.1 Å². The summed E-state index contributed by atoms with van der Waals surface area (Å²) in [7, 11) is 0. The van der Waals surface area contributed by atoms with Crippen LogP contribution in [0.25, 0.3) is 0 Å². The smallest absolute Gasteiger partial charge is 0.250 e. The van der Waals surface area contributed by atoms with Crippen molar-refractivity contribution >= 4 is 46.6 Å². The summed E-state index contributed by atoms with van der Waals surface area (Å²) in [6.07, 6.45) is 1.08. The molecule has 0 bridgehead atoms. The molecule has 9 heteroatoms. The lowest BCUT2D eigenvalue weighted by molar-refractivity contribution is -0.130. The number of aryl methyl sites for hydroxylation is 1. The van der Waals surface area contributed by atoms with Gasteiger partial charge in [-0.05, 0) is 49.1 Å². The Hall–Kier alpha value is -3.23. The summed E-state index contributed by atoms with van der Waals surface area (Å²) in [5.74, 6) is -3.53. The second-order valence-electron chi connectivity index (χ2n) is 9.15. The number of hydrogen-bond acceptors (Lipinski definition) is 5. The van der Waals surface area contributed by atoms with Crippen LogP contribution >= 0.6 is 11.6 Å². The van der Waals surface area contributed by atoms with Gasteiger partial charge in [0.1, 0.15) is 5.54 Å². The van der Waals surface area contributed by atoms with E-state index in [1.165, 1.54) is 4.90 Å². The Bertz CT molecular complexity index is 1240. The van der Waals surface area contributed by atoms with E-state index in [1.54, 1.807) is 31.2 Å². The summed E-state index contributed by atoms with van der Waals surface area (Å²) >= 11 is 6.29. The summed E-state index contributed by atoms with van der Waals surface area (Å²) in [4.78, 5) is 53.8. The van der Waals surface area contributed by atoms with Crippen molar-refractivity contribution in [2.75, 3.05) is 10.2 Å². The largest absolute Gasteiger partial charge is 0.370 e. The zero-order valence-corrected chi connectivity index (χ0v) is 19.6. The van der Waals surface area contributed by atoms with Gasteiger partial charge in [0.15, 0.2) is 0 Å². The highest BCUT2D eigenvalue weighted by Gasteiger charge is 2.70. The Labute approximate surface area is 201 Å². The standard InChI is InChI=1S/C25H25ClN4O4/c1-3-13-4-6-14(7-5-13)30-22(32)19-17(10-11-18(27)31)29-25(20(19)23(30)33)15-8-9-16(26)12(2)21(15)28-24(25)34/h4-9,17,19-20,29H,3,10-11H2,1-2H3,(H2,27,31)(H,28,34)/t17-,19+,20-,25-/m0/s1. The molecule has 0 aliphatic carbocycles. The van der Waals surface area contributed by atoms with Crippen LogP contribution in [0.4, 0.5) is 11.4 Å². The first-order chi connectivity index (χ1) is 16.2. The van der Waals surface area contributed by atoms with Gasteiger partial charge in [0, 0.05) is 23.0 Å². The molecule has 0 unspecified atom stereocenters. The molecule has 5 rings (SSSR count). The van der Waals surface area contributed by atoms with Gasteiger partial charge in [-0.1, -0.05) is 36.7 Å². The van der Waals surface area contributed by atoms with Crippen molar-refractivity contribution in [3.63, 3.8) is 0 Å².